The average molecular weight is 253 g/mol. The Morgan fingerprint density at radius 2 is 2.11 bits per heavy atom. The van der Waals surface area contributed by atoms with Crippen LogP contribution in [0.15, 0.2) is 43.1 Å². The highest BCUT2D eigenvalue weighted by atomic mass is 16.4. The second kappa shape index (κ2) is 4.20. The molecule has 0 radical (unpaired) electrons. The molecule has 0 spiro atoms. The van der Waals surface area contributed by atoms with Crippen LogP contribution in [0, 0.1) is 6.92 Å². The van der Waals surface area contributed by atoms with Crippen molar-refractivity contribution in [3.05, 3.63) is 54.4 Å². The average Bonchev–Trinajstić information content (AvgIpc) is 2.86. The van der Waals surface area contributed by atoms with Gasteiger partial charge in [0.25, 0.3) is 0 Å². The molecule has 0 aliphatic heterocycles. The summed E-state index contributed by atoms with van der Waals surface area (Å²) in [7, 11) is 0. The first-order chi connectivity index (χ1) is 9.16. The number of nitrogens with zero attached hydrogens (tertiary/aromatic N) is 3. The van der Waals surface area contributed by atoms with Crippen LogP contribution < -0.4 is 0 Å². The molecule has 0 aromatic carbocycles. The molecule has 0 fully saturated rings. The molecule has 0 amide bonds. The van der Waals surface area contributed by atoms with Crippen molar-refractivity contribution in [2.45, 2.75) is 6.92 Å². The molecule has 0 atom stereocenters. The van der Waals surface area contributed by atoms with Gasteiger partial charge < -0.3 is 5.11 Å². The van der Waals surface area contributed by atoms with Crippen molar-refractivity contribution in [3.63, 3.8) is 0 Å². The molecule has 3 heterocycles. The molecule has 5 nitrogen and oxygen atoms in total. The van der Waals surface area contributed by atoms with E-state index in [2.05, 4.69) is 9.97 Å². The molecule has 0 saturated heterocycles. The number of aromatic nitrogens is 3. The Labute approximate surface area is 109 Å². The number of pyridine rings is 2. The lowest BCUT2D eigenvalue weighted by atomic mass is 10.0. The van der Waals surface area contributed by atoms with Gasteiger partial charge in [-0.1, -0.05) is 0 Å². The number of rotatable bonds is 2. The minimum atomic E-state index is -0.980. The topological polar surface area (TPSA) is 67.5 Å². The molecule has 3 aromatic rings. The van der Waals surface area contributed by atoms with E-state index >= 15 is 0 Å². The van der Waals surface area contributed by atoms with E-state index in [9.17, 15) is 9.90 Å². The summed E-state index contributed by atoms with van der Waals surface area (Å²) in [6.07, 6.45) is 6.60. The second-order valence-corrected chi connectivity index (χ2v) is 4.31. The minimum absolute atomic E-state index is 0.188. The molecule has 0 aliphatic carbocycles. The fourth-order valence-electron chi connectivity index (χ4n) is 2.12. The zero-order chi connectivity index (χ0) is 13.4. The van der Waals surface area contributed by atoms with Gasteiger partial charge in [0.05, 0.1) is 18.0 Å². The molecule has 3 aromatic heterocycles. The van der Waals surface area contributed by atoms with E-state index in [1.165, 1.54) is 6.33 Å². The van der Waals surface area contributed by atoms with Gasteiger partial charge in [-0.3, -0.25) is 9.38 Å². The first-order valence-corrected chi connectivity index (χ1v) is 5.77. The van der Waals surface area contributed by atoms with Gasteiger partial charge in [-0.2, -0.15) is 0 Å². The molecule has 0 bridgehead atoms. The maximum atomic E-state index is 11.3. The highest BCUT2D eigenvalue weighted by Gasteiger charge is 2.12. The Balaban J connectivity index is 2.31. The third kappa shape index (κ3) is 1.85. The molecule has 0 aliphatic rings. The molecule has 3 rings (SSSR count). The zero-order valence-electron chi connectivity index (χ0n) is 10.2. The summed E-state index contributed by atoms with van der Waals surface area (Å²) in [6, 6.07) is 5.45. The van der Waals surface area contributed by atoms with E-state index in [0.29, 0.717) is 0 Å². The second-order valence-electron chi connectivity index (χ2n) is 4.31. The number of hydrogen-bond acceptors (Lipinski definition) is 3. The zero-order valence-corrected chi connectivity index (χ0v) is 10.2. The summed E-state index contributed by atoms with van der Waals surface area (Å²) >= 11 is 0. The lowest BCUT2D eigenvalue weighted by Crippen LogP contribution is -2.04. The first kappa shape index (κ1) is 11.4. The number of aromatic carboxylic acids is 1. The summed E-state index contributed by atoms with van der Waals surface area (Å²) in [5.41, 5.74) is 3.74. The number of hydrogen-bond donors (Lipinski definition) is 1. The lowest BCUT2D eigenvalue weighted by molar-refractivity contribution is 0.0689. The summed E-state index contributed by atoms with van der Waals surface area (Å²) in [5, 5.41) is 9.28. The molecule has 5 heteroatoms. The Kier molecular flexibility index (Phi) is 2.52. The molecule has 1 N–H and O–H groups in total. The number of fused-ring (bicyclic) bond motifs is 1. The molecular weight excluding hydrogens is 242 g/mol. The molecule has 0 saturated carbocycles. The van der Waals surface area contributed by atoms with Gasteiger partial charge in [-0.15, -0.1) is 0 Å². The highest BCUT2D eigenvalue weighted by Crippen LogP contribution is 2.25. The standard InChI is InChI=1S/C14H11N3O2/c1-9-2-3-15-7-12(9)10-4-11-6-16-8-17(11)13(5-10)14(18)19/h2-8H,1H3,(H,18,19). The summed E-state index contributed by atoms with van der Waals surface area (Å²) < 4.78 is 1.55. The smallest absolute Gasteiger partial charge is 0.352 e. The molecule has 19 heavy (non-hydrogen) atoms. The first-order valence-electron chi connectivity index (χ1n) is 5.77. The van der Waals surface area contributed by atoms with Crippen LogP contribution in [0.4, 0.5) is 0 Å². The van der Waals surface area contributed by atoms with Crippen LogP contribution in [0.5, 0.6) is 0 Å². The normalized spacial score (nSPS) is 10.8. The van der Waals surface area contributed by atoms with Crippen molar-refractivity contribution in [1.29, 1.82) is 0 Å². The van der Waals surface area contributed by atoms with Gasteiger partial charge >= 0.3 is 5.97 Å². The minimum Gasteiger partial charge on any atom is -0.477 e. The van der Waals surface area contributed by atoms with Crippen LogP contribution in [-0.2, 0) is 0 Å². The van der Waals surface area contributed by atoms with E-state index in [1.807, 2.05) is 19.1 Å². The largest absolute Gasteiger partial charge is 0.477 e. The Hall–Kier alpha value is -2.69. The van der Waals surface area contributed by atoms with E-state index < -0.39 is 5.97 Å². The Morgan fingerprint density at radius 1 is 1.26 bits per heavy atom. The van der Waals surface area contributed by atoms with E-state index in [1.54, 1.807) is 29.1 Å². The lowest BCUT2D eigenvalue weighted by Gasteiger charge is -2.08. The fourth-order valence-corrected chi connectivity index (χ4v) is 2.12. The van der Waals surface area contributed by atoms with Crippen molar-refractivity contribution < 1.29 is 9.90 Å². The number of carboxylic acid groups (broad SMARTS) is 1. The molecule has 94 valence electrons. The van der Waals surface area contributed by atoms with Gasteiger partial charge in [-0.25, -0.2) is 9.78 Å². The predicted octanol–water partition coefficient (Wildman–Crippen LogP) is 2.40. The van der Waals surface area contributed by atoms with E-state index in [0.717, 1.165) is 22.2 Å². The number of carbonyl (C=O) groups is 1. The quantitative estimate of drug-likeness (QED) is 0.761. The van der Waals surface area contributed by atoms with E-state index in [-0.39, 0.29) is 5.69 Å². The number of aryl methyl sites for hydroxylation is 1. The van der Waals surface area contributed by atoms with Crippen LogP contribution >= 0.6 is 0 Å². The van der Waals surface area contributed by atoms with Gasteiger partial charge in [0.2, 0.25) is 0 Å². The SMILES string of the molecule is Cc1ccncc1-c1cc(C(=O)O)n2cncc2c1. The van der Waals surface area contributed by atoms with Gasteiger partial charge in [0.1, 0.15) is 5.69 Å². The van der Waals surface area contributed by atoms with Crippen LogP contribution in [-0.4, -0.2) is 25.4 Å². The van der Waals surface area contributed by atoms with E-state index in [4.69, 9.17) is 0 Å². The third-order valence-electron chi connectivity index (χ3n) is 3.09. The van der Waals surface area contributed by atoms with Gasteiger partial charge in [-0.05, 0) is 36.2 Å². The fraction of sp³-hybridized carbons (Fsp3) is 0.0714. The van der Waals surface area contributed by atoms with Crippen LogP contribution in [0.25, 0.3) is 16.6 Å². The Morgan fingerprint density at radius 3 is 2.84 bits per heavy atom. The van der Waals surface area contributed by atoms with Crippen molar-refractivity contribution in [3.8, 4) is 11.1 Å². The number of carboxylic acids is 1. The van der Waals surface area contributed by atoms with Crippen molar-refractivity contribution in [2.75, 3.05) is 0 Å². The predicted molar refractivity (Wildman–Crippen MR) is 70.1 cm³/mol. The van der Waals surface area contributed by atoms with Crippen molar-refractivity contribution >= 4 is 11.5 Å². The van der Waals surface area contributed by atoms with Crippen LogP contribution in [0.3, 0.4) is 0 Å². The maximum absolute atomic E-state index is 11.3. The summed E-state index contributed by atoms with van der Waals surface area (Å²) in [5.74, 6) is -0.980. The van der Waals surface area contributed by atoms with Gasteiger partial charge in [0.15, 0.2) is 0 Å². The Bertz CT molecular complexity index is 777. The molecular formula is C14H11N3O2. The van der Waals surface area contributed by atoms with Crippen molar-refractivity contribution in [2.24, 2.45) is 0 Å². The molecule has 0 unspecified atom stereocenters. The number of imidazole rings is 1. The summed E-state index contributed by atoms with van der Waals surface area (Å²) in [4.78, 5) is 19.4. The van der Waals surface area contributed by atoms with Gasteiger partial charge in [0, 0.05) is 18.0 Å². The highest BCUT2D eigenvalue weighted by molar-refractivity contribution is 5.89. The van der Waals surface area contributed by atoms with Crippen LogP contribution in [0.2, 0.25) is 0 Å². The van der Waals surface area contributed by atoms with Crippen LogP contribution in [0.1, 0.15) is 16.1 Å². The third-order valence-corrected chi connectivity index (χ3v) is 3.09. The maximum Gasteiger partial charge on any atom is 0.352 e. The van der Waals surface area contributed by atoms with Crippen molar-refractivity contribution in [1.82, 2.24) is 14.4 Å². The summed E-state index contributed by atoms with van der Waals surface area (Å²) in [6.45, 7) is 1.97. The monoisotopic (exact) mass is 253 g/mol.